The summed E-state index contributed by atoms with van der Waals surface area (Å²) in [6.07, 6.45) is 0.717. The van der Waals surface area contributed by atoms with E-state index in [2.05, 4.69) is 26.1 Å². The summed E-state index contributed by atoms with van der Waals surface area (Å²) in [4.78, 5) is 11.4. The standard InChI is InChI=1S/C11H24N2O/c1-8(2)10(14)9(12)6-7-13-11(3,4)5/h8-9,13H,6-7,12H2,1-5H3/t9-/m1/s1. The van der Waals surface area contributed by atoms with Gasteiger partial charge in [-0.25, -0.2) is 0 Å². The van der Waals surface area contributed by atoms with Crippen molar-refractivity contribution >= 4 is 5.78 Å². The van der Waals surface area contributed by atoms with Gasteiger partial charge in [-0.3, -0.25) is 4.79 Å². The first kappa shape index (κ1) is 13.6. The molecule has 3 nitrogen and oxygen atoms in total. The number of nitrogens with one attached hydrogen (secondary N) is 1. The summed E-state index contributed by atoms with van der Waals surface area (Å²) in [5.41, 5.74) is 5.86. The number of rotatable bonds is 5. The fraction of sp³-hybridized carbons (Fsp3) is 0.909. The van der Waals surface area contributed by atoms with E-state index in [1.54, 1.807) is 0 Å². The fourth-order valence-electron chi connectivity index (χ4n) is 1.17. The second-order valence-electron chi connectivity index (χ2n) is 5.13. The van der Waals surface area contributed by atoms with E-state index in [1.165, 1.54) is 0 Å². The largest absolute Gasteiger partial charge is 0.321 e. The number of hydrogen-bond acceptors (Lipinski definition) is 3. The summed E-state index contributed by atoms with van der Waals surface area (Å²) in [5.74, 6) is 0.195. The smallest absolute Gasteiger partial charge is 0.152 e. The zero-order valence-electron chi connectivity index (χ0n) is 10.1. The molecule has 0 radical (unpaired) electrons. The average Bonchev–Trinajstić information content (AvgIpc) is 2.00. The molecule has 84 valence electrons. The normalized spacial score (nSPS) is 14.5. The van der Waals surface area contributed by atoms with Gasteiger partial charge in [-0.15, -0.1) is 0 Å². The van der Waals surface area contributed by atoms with E-state index in [-0.39, 0.29) is 23.3 Å². The minimum Gasteiger partial charge on any atom is -0.321 e. The molecule has 0 saturated heterocycles. The molecular weight excluding hydrogens is 176 g/mol. The Morgan fingerprint density at radius 2 is 1.86 bits per heavy atom. The Balaban J connectivity index is 3.75. The molecule has 0 heterocycles. The molecule has 0 amide bonds. The highest BCUT2D eigenvalue weighted by Crippen LogP contribution is 2.03. The summed E-state index contributed by atoms with van der Waals surface area (Å²) < 4.78 is 0. The minimum absolute atomic E-state index is 0.0413. The fourth-order valence-corrected chi connectivity index (χ4v) is 1.17. The molecule has 0 fully saturated rings. The Morgan fingerprint density at radius 1 is 1.36 bits per heavy atom. The highest BCUT2D eigenvalue weighted by Gasteiger charge is 2.17. The van der Waals surface area contributed by atoms with Gasteiger partial charge in [0.2, 0.25) is 0 Å². The van der Waals surface area contributed by atoms with Gasteiger partial charge in [0.05, 0.1) is 6.04 Å². The summed E-state index contributed by atoms with van der Waals surface area (Å²) in [5, 5.41) is 3.31. The van der Waals surface area contributed by atoms with Crippen molar-refractivity contribution in [2.24, 2.45) is 11.7 Å². The highest BCUT2D eigenvalue weighted by atomic mass is 16.1. The maximum atomic E-state index is 11.4. The van der Waals surface area contributed by atoms with Crippen LogP contribution in [-0.4, -0.2) is 23.9 Å². The van der Waals surface area contributed by atoms with E-state index in [1.807, 2.05) is 13.8 Å². The zero-order valence-corrected chi connectivity index (χ0v) is 10.1. The van der Waals surface area contributed by atoms with Crippen LogP contribution in [0.25, 0.3) is 0 Å². The Morgan fingerprint density at radius 3 is 2.21 bits per heavy atom. The average molecular weight is 200 g/mol. The molecular formula is C11H24N2O. The second-order valence-corrected chi connectivity index (χ2v) is 5.13. The SMILES string of the molecule is CC(C)C(=O)[C@H](N)CCNC(C)(C)C. The number of ketones is 1. The Kier molecular flexibility index (Phi) is 5.31. The molecule has 0 aliphatic heterocycles. The van der Waals surface area contributed by atoms with E-state index >= 15 is 0 Å². The van der Waals surface area contributed by atoms with Gasteiger partial charge >= 0.3 is 0 Å². The van der Waals surface area contributed by atoms with Crippen LogP contribution in [0.1, 0.15) is 41.0 Å². The van der Waals surface area contributed by atoms with Crippen molar-refractivity contribution < 1.29 is 4.79 Å². The predicted molar refractivity (Wildman–Crippen MR) is 60.2 cm³/mol. The third kappa shape index (κ3) is 6.11. The van der Waals surface area contributed by atoms with Gasteiger partial charge < -0.3 is 11.1 Å². The van der Waals surface area contributed by atoms with Crippen molar-refractivity contribution in [2.45, 2.75) is 52.6 Å². The summed E-state index contributed by atoms with van der Waals surface area (Å²) in [6, 6.07) is -0.315. The summed E-state index contributed by atoms with van der Waals surface area (Å²) >= 11 is 0. The van der Waals surface area contributed by atoms with Gasteiger partial charge in [0.25, 0.3) is 0 Å². The van der Waals surface area contributed by atoms with Crippen molar-refractivity contribution in [1.29, 1.82) is 0 Å². The topological polar surface area (TPSA) is 55.1 Å². The van der Waals surface area contributed by atoms with Crippen LogP contribution in [0.15, 0.2) is 0 Å². The van der Waals surface area contributed by atoms with Crippen LogP contribution in [0.4, 0.5) is 0 Å². The van der Waals surface area contributed by atoms with Crippen LogP contribution >= 0.6 is 0 Å². The van der Waals surface area contributed by atoms with Gasteiger partial charge in [-0.2, -0.15) is 0 Å². The molecule has 3 heteroatoms. The molecule has 0 aliphatic rings. The molecule has 0 rings (SSSR count). The zero-order chi connectivity index (χ0) is 11.4. The van der Waals surface area contributed by atoms with Crippen molar-refractivity contribution in [3.8, 4) is 0 Å². The monoisotopic (exact) mass is 200 g/mol. The third-order valence-corrected chi connectivity index (χ3v) is 2.05. The lowest BCUT2D eigenvalue weighted by molar-refractivity contribution is -0.123. The summed E-state index contributed by atoms with van der Waals surface area (Å²) in [7, 11) is 0. The van der Waals surface area contributed by atoms with E-state index in [0.717, 1.165) is 6.54 Å². The molecule has 3 N–H and O–H groups in total. The minimum atomic E-state index is -0.315. The Bertz CT molecular complexity index is 182. The predicted octanol–water partition coefficient (Wildman–Crippen LogP) is 1.32. The van der Waals surface area contributed by atoms with Gasteiger partial charge in [-0.05, 0) is 33.7 Å². The molecule has 0 aromatic rings. The highest BCUT2D eigenvalue weighted by molar-refractivity contribution is 5.85. The molecule has 0 aromatic heterocycles. The van der Waals surface area contributed by atoms with Crippen molar-refractivity contribution in [2.75, 3.05) is 6.54 Å². The van der Waals surface area contributed by atoms with Crippen LogP contribution in [-0.2, 0) is 4.79 Å². The van der Waals surface area contributed by atoms with Gasteiger partial charge in [0.1, 0.15) is 0 Å². The van der Waals surface area contributed by atoms with Crippen LogP contribution in [0.2, 0.25) is 0 Å². The maximum Gasteiger partial charge on any atom is 0.152 e. The Labute approximate surface area is 87.4 Å². The van der Waals surface area contributed by atoms with Crippen molar-refractivity contribution in [1.82, 2.24) is 5.32 Å². The molecule has 0 bridgehead atoms. The molecule has 14 heavy (non-hydrogen) atoms. The first-order valence-corrected chi connectivity index (χ1v) is 5.28. The first-order valence-electron chi connectivity index (χ1n) is 5.28. The molecule has 0 spiro atoms. The molecule has 0 saturated carbocycles. The quantitative estimate of drug-likeness (QED) is 0.703. The van der Waals surface area contributed by atoms with Crippen LogP contribution in [0, 0.1) is 5.92 Å². The maximum absolute atomic E-state index is 11.4. The number of Topliss-reactive ketones (excluding diaryl/α,β-unsaturated/α-hetero) is 1. The van der Waals surface area contributed by atoms with E-state index in [4.69, 9.17) is 5.73 Å². The number of carbonyl (C=O) groups excluding carboxylic acids is 1. The van der Waals surface area contributed by atoms with E-state index in [0.29, 0.717) is 6.42 Å². The van der Waals surface area contributed by atoms with Crippen LogP contribution < -0.4 is 11.1 Å². The number of nitrogens with two attached hydrogens (primary N) is 1. The van der Waals surface area contributed by atoms with E-state index in [9.17, 15) is 4.79 Å². The lowest BCUT2D eigenvalue weighted by Crippen LogP contribution is -2.41. The molecule has 0 unspecified atom stereocenters. The molecule has 1 atom stereocenters. The lowest BCUT2D eigenvalue weighted by Gasteiger charge is -2.22. The van der Waals surface area contributed by atoms with Crippen LogP contribution in [0.5, 0.6) is 0 Å². The second kappa shape index (κ2) is 5.47. The van der Waals surface area contributed by atoms with Gasteiger partial charge in [0.15, 0.2) is 5.78 Å². The molecule has 0 aromatic carbocycles. The van der Waals surface area contributed by atoms with Crippen molar-refractivity contribution in [3.63, 3.8) is 0 Å². The van der Waals surface area contributed by atoms with Gasteiger partial charge in [0, 0.05) is 11.5 Å². The molecule has 0 aliphatic carbocycles. The number of carbonyl (C=O) groups is 1. The van der Waals surface area contributed by atoms with Gasteiger partial charge in [-0.1, -0.05) is 13.8 Å². The van der Waals surface area contributed by atoms with Crippen molar-refractivity contribution in [3.05, 3.63) is 0 Å². The van der Waals surface area contributed by atoms with E-state index < -0.39 is 0 Å². The first-order chi connectivity index (χ1) is 6.24. The third-order valence-electron chi connectivity index (χ3n) is 2.05. The lowest BCUT2D eigenvalue weighted by atomic mass is 9.99. The Hall–Kier alpha value is -0.410. The number of hydrogen-bond donors (Lipinski definition) is 2. The van der Waals surface area contributed by atoms with Crippen LogP contribution in [0.3, 0.4) is 0 Å². The summed E-state index contributed by atoms with van der Waals surface area (Å²) in [6.45, 7) is 10.9.